The molecule has 2 aromatic rings. The van der Waals surface area contributed by atoms with Crippen LogP contribution in [0.25, 0.3) is 0 Å². The quantitative estimate of drug-likeness (QED) is 0.918. The molecule has 0 saturated carbocycles. The fraction of sp³-hybridized carbons (Fsp3) is 0.182. The minimum atomic E-state index is -0.259. The Balaban J connectivity index is 2.17. The lowest BCUT2D eigenvalue weighted by atomic mass is 10.2. The first-order chi connectivity index (χ1) is 7.66. The van der Waals surface area contributed by atoms with E-state index >= 15 is 0 Å². The van der Waals surface area contributed by atoms with Gasteiger partial charge in [-0.15, -0.1) is 11.3 Å². The maximum atomic E-state index is 13.5. The first-order valence-electron chi connectivity index (χ1n) is 4.76. The molecular formula is C11H10BrFN2S. The van der Waals surface area contributed by atoms with Crippen molar-refractivity contribution in [1.29, 1.82) is 0 Å². The molecule has 16 heavy (non-hydrogen) atoms. The Kier molecular flexibility index (Phi) is 3.56. The van der Waals surface area contributed by atoms with E-state index in [1.165, 1.54) is 17.4 Å². The Bertz CT molecular complexity index is 473. The van der Waals surface area contributed by atoms with Crippen molar-refractivity contribution in [3.63, 3.8) is 0 Å². The number of halogens is 2. The summed E-state index contributed by atoms with van der Waals surface area (Å²) < 4.78 is 14.3. The van der Waals surface area contributed by atoms with Gasteiger partial charge in [0.15, 0.2) is 0 Å². The van der Waals surface area contributed by atoms with Crippen LogP contribution in [0.5, 0.6) is 0 Å². The molecule has 1 N–H and O–H groups in total. The number of aromatic nitrogens is 1. The highest BCUT2D eigenvalue weighted by atomic mass is 79.9. The fourth-order valence-electron chi connectivity index (χ4n) is 1.35. The summed E-state index contributed by atoms with van der Waals surface area (Å²) in [4.78, 5) is 4.19. The van der Waals surface area contributed by atoms with Crippen LogP contribution in [0.3, 0.4) is 0 Å². The van der Waals surface area contributed by atoms with Gasteiger partial charge in [0.25, 0.3) is 0 Å². The molecule has 84 valence electrons. The van der Waals surface area contributed by atoms with Crippen molar-refractivity contribution >= 4 is 33.0 Å². The lowest BCUT2D eigenvalue weighted by Gasteiger charge is -2.13. The van der Waals surface area contributed by atoms with E-state index in [4.69, 9.17) is 0 Å². The van der Waals surface area contributed by atoms with Gasteiger partial charge in [-0.25, -0.2) is 9.37 Å². The Morgan fingerprint density at radius 1 is 1.50 bits per heavy atom. The first kappa shape index (κ1) is 11.5. The van der Waals surface area contributed by atoms with Crippen molar-refractivity contribution in [2.75, 3.05) is 5.32 Å². The van der Waals surface area contributed by atoms with Crippen molar-refractivity contribution in [1.82, 2.24) is 4.98 Å². The molecule has 1 unspecified atom stereocenters. The molecule has 0 amide bonds. The number of hydrogen-bond acceptors (Lipinski definition) is 3. The van der Waals surface area contributed by atoms with Crippen LogP contribution in [-0.4, -0.2) is 4.98 Å². The summed E-state index contributed by atoms with van der Waals surface area (Å²) >= 11 is 4.85. The number of nitrogens with one attached hydrogen (secondary N) is 1. The van der Waals surface area contributed by atoms with E-state index in [9.17, 15) is 4.39 Å². The van der Waals surface area contributed by atoms with Crippen LogP contribution in [-0.2, 0) is 0 Å². The third-order valence-electron chi connectivity index (χ3n) is 2.20. The van der Waals surface area contributed by atoms with E-state index < -0.39 is 0 Å². The molecule has 2 rings (SSSR count). The van der Waals surface area contributed by atoms with Crippen molar-refractivity contribution in [2.45, 2.75) is 13.0 Å². The number of thiazole rings is 1. The minimum absolute atomic E-state index is 0.00458. The average molecular weight is 301 g/mol. The molecule has 0 aliphatic heterocycles. The third kappa shape index (κ3) is 2.59. The van der Waals surface area contributed by atoms with Gasteiger partial charge >= 0.3 is 0 Å². The van der Waals surface area contributed by atoms with E-state index in [0.29, 0.717) is 5.69 Å². The van der Waals surface area contributed by atoms with Gasteiger partial charge in [-0.3, -0.25) is 0 Å². The highest BCUT2D eigenvalue weighted by Crippen LogP contribution is 2.24. The normalized spacial score (nSPS) is 12.4. The second kappa shape index (κ2) is 4.93. The fourth-order valence-corrected chi connectivity index (χ4v) is 2.36. The summed E-state index contributed by atoms with van der Waals surface area (Å²) in [7, 11) is 0. The zero-order valence-electron chi connectivity index (χ0n) is 8.58. The van der Waals surface area contributed by atoms with E-state index in [-0.39, 0.29) is 11.9 Å². The van der Waals surface area contributed by atoms with Crippen molar-refractivity contribution in [3.05, 3.63) is 45.1 Å². The van der Waals surface area contributed by atoms with Gasteiger partial charge in [-0.2, -0.15) is 0 Å². The van der Waals surface area contributed by atoms with Gasteiger partial charge in [0, 0.05) is 9.85 Å². The number of benzene rings is 1. The van der Waals surface area contributed by atoms with Gasteiger partial charge in [-0.05, 0) is 25.1 Å². The zero-order valence-corrected chi connectivity index (χ0v) is 11.0. The molecule has 1 heterocycles. The average Bonchev–Trinajstić information content (AvgIpc) is 2.76. The molecule has 1 atom stereocenters. The largest absolute Gasteiger partial charge is 0.375 e. The Morgan fingerprint density at radius 2 is 2.31 bits per heavy atom. The van der Waals surface area contributed by atoms with Crippen LogP contribution >= 0.6 is 27.3 Å². The number of nitrogens with zero attached hydrogens (tertiary/aromatic N) is 1. The predicted octanol–water partition coefficient (Wildman–Crippen LogP) is 4.22. The Morgan fingerprint density at radius 3 is 3.00 bits per heavy atom. The second-order valence-electron chi connectivity index (χ2n) is 3.40. The van der Waals surface area contributed by atoms with Gasteiger partial charge in [0.1, 0.15) is 5.82 Å². The summed E-state index contributed by atoms with van der Waals surface area (Å²) in [6.45, 7) is 1.95. The smallest absolute Gasteiger partial charge is 0.146 e. The van der Waals surface area contributed by atoms with E-state index in [0.717, 1.165) is 10.2 Å². The predicted molar refractivity (Wildman–Crippen MR) is 68.3 cm³/mol. The van der Waals surface area contributed by atoms with Crippen LogP contribution in [0.15, 0.2) is 33.6 Å². The molecule has 0 spiro atoms. The minimum Gasteiger partial charge on any atom is -0.375 e. The van der Waals surface area contributed by atoms with Crippen LogP contribution < -0.4 is 5.32 Å². The molecule has 0 saturated heterocycles. The van der Waals surface area contributed by atoms with Crippen molar-refractivity contribution in [3.8, 4) is 0 Å². The maximum absolute atomic E-state index is 13.5. The number of hydrogen-bond donors (Lipinski definition) is 1. The molecule has 0 aliphatic carbocycles. The summed E-state index contributed by atoms with van der Waals surface area (Å²) in [5, 5.41) is 5.04. The maximum Gasteiger partial charge on any atom is 0.146 e. The summed E-state index contributed by atoms with van der Waals surface area (Å²) in [6, 6.07) is 4.82. The molecule has 0 aliphatic rings. The van der Waals surface area contributed by atoms with Crippen LogP contribution in [0, 0.1) is 5.82 Å². The topological polar surface area (TPSA) is 24.9 Å². The summed E-state index contributed by atoms with van der Waals surface area (Å²) in [5.41, 5.74) is 3.17. The summed E-state index contributed by atoms with van der Waals surface area (Å²) in [6.07, 6.45) is 0. The Labute approximate surface area is 106 Å². The van der Waals surface area contributed by atoms with Crippen LogP contribution in [0.1, 0.15) is 18.7 Å². The standard InChI is InChI=1S/C11H10BrFN2S/c1-7(11-5-16-6-14-11)15-10-4-8(12)2-3-9(10)13/h2-7,15H,1H3. The van der Waals surface area contributed by atoms with Crippen molar-refractivity contribution in [2.24, 2.45) is 0 Å². The molecule has 5 heteroatoms. The lowest BCUT2D eigenvalue weighted by Crippen LogP contribution is -2.08. The molecule has 0 fully saturated rings. The third-order valence-corrected chi connectivity index (χ3v) is 3.29. The van der Waals surface area contributed by atoms with Crippen LogP contribution in [0.4, 0.5) is 10.1 Å². The van der Waals surface area contributed by atoms with E-state index in [1.807, 2.05) is 12.3 Å². The summed E-state index contributed by atoms with van der Waals surface area (Å²) in [5.74, 6) is -0.259. The monoisotopic (exact) mass is 300 g/mol. The van der Waals surface area contributed by atoms with Gasteiger partial charge in [-0.1, -0.05) is 15.9 Å². The Hall–Kier alpha value is -0.940. The molecule has 0 radical (unpaired) electrons. The molecule has 0 bridgehead atoms. The lowest BCUT2D eigenvalue weighted by molar-refractivity contribution is 0.627. The molecule has 2 nitrogen and oxygen atoms in total. The molecular weight excluding hydrogens is 291 g/mol. The highest BCUT2D eigenvalue weighted by molar-refractivity contribution is 9.10. The second-order valence-corrected chi connectivity index (χ2v) is 5.04. The first-order valence-corrected chi connectivity index (χ1v) is 6.50. The van der Waals surface area contributed by atoms with E-state index in [1.54, 1.807) is 17.6 Å². The SMILES string of the molecule is CC(Nc1cc(Br)ccc1F)c1cscn1. The molecule has 1 aromatic heterocycles. The number of anilines is 1. The van der Waals surface area contributed by atoms with Gasteiger partial charge in [0.2, 0.25) is 0 Å². The number of rotatable bonds is 3. The zero-order chi connectivity index (χ0) is 11.5. The molecule has 1 aromatic carbocycles. The highest BCUT2D eigenvalue weighted by Gasteiger charge is 2.10. The van der Waals surface area contributed by atoms with Gasteiger partial charge < -0.3 is 5.32 Å². The van der Waals surface area contributed by atoms with Crippen molar-refractivity contribution < 1.29 is 4.39 Å². The van der Waals surface area contributed by atoms with E-state index in [2.05, 4.69) is 26.2 Å². The van der Waals surface area contributed by atoms with Gasteiger partial charge in [0.05, 0.1) is 22.9 Å². The van der Waals surface area contributed by atoms with Crippen LogP contribution in [0.2, 0.25) is 0 Å².